The Morgan fingerprint density at radius 1 is 1.12 bits per heavy atom. The maximum absolute atomic E-state index is 12.3. The fraction of sp³-hybridized carbons (Fsp3) is 0.0476. The molecule has 0 radical (unpaired) electrons. The van der Waals surface area contributed by atoms with E-state index < -0.39 is 0 Å². The molecule has 2 aromatic carbocycles. The van der Waals surface area contributed by atoms with E-state index in [0.29, 0.717) is 17.7 Å². The molecule has 0 aliphatic carbocycles. The summed E-state index contributed by atoms with van der Waals surface area (Å²) in [6.07, 6.45) is 4.83. The molecule has 26 heavy (non-hydrogen) atoms. The van der Waals surface area contributed by atoms with Crippen molar-refractivity contribution < 1.29 is 9.21 Å². The summed E-state index contributed by atoms with van der Waals surface area (Å²) in [5.41, 5.74) is 3.98. The molecule has 0 spiro atoms. The average Bonchev–Trinajstić information content (AvgIpc) is 3.32. The Labute approximate surface area is 150 Å². The van der Waals surface area contributed by atoms with Crippen LogP contribution in [0.2, 0.25) is 0 Å². The second-order valence-corrected chi connectivity index (χ2v) is 5.96. The minimum absolute atomic E-state index is 0.208. The highest BCUT2D eigenvalue weighted by Crippen LogP contribution is 2.27. The van der Waals surface area contributed by atoms with Gasteiger partial charge >= 0.3 is 0 Å². The molecular weight excluding hydrogens is 326 g/mol. The molecule has 4 aromatic rings. The van der Waals surface area contributed by atoms with Gasteiger partial charge in [0.05, 0.1) is 34.7 Å². The Balaban J connectivity index is 1.67. The molecule has 126 valence electrons. The van der Waals surface area contributed by atoms with Gasteiger partial charge in [-0.25, -0.2) is 0 Å². The number of aromatic nitrogens is 1. The summed E-state index contributed by atoms with van der Waals surface area (Å²) in [6, 6.07) is 19.2. The maximum atomic E-state index is 12.3. The first-order valence-electron chi connectivity index (χ1n) is 8.15. The molecule has 0 saturated heterocycles. The van der Waals surface area contributed by atoms with Gasteiger partial charge in [-0.05, 0) is 29.8 Å². The molecule has 0 unspecified atom stereocenters. The Morgan fingerprint density at radius 2 is 1.92 bits per heavy atom. The van der Waals surface area contributed by atoms with Crippen LogP contribution in [0.1, 0.15) is 21.5 Å². The van der Waals surface area contributed by atoms with E-state index in [0.717, 1.165) is 22.2 Å². The average molecular weight is 341 g/mol. The number of carbonyl (C=O) groups is 1. The zero-order chi connectivity index (χ0) is 17.9. The van der Waals surface area contributed by atoms with E-state index in [-0.39, 0.29) is 5.91 Å². The van der Waals surface area contributed by atoms with Gasteiger partial charge in [0.25, 0.3) is 5.91 Å². The van der Waals surface area contributed by atoms with E-state index in [4.69, 9.17) is 9.68 Å². The first kappa shape index (κ1) is 15.7. The zero-order valence-electron chi connectivity index (χ0n) is 13.8. The van der Waals surface area contributed by atoms with E-state index in [2.05, 4.69) is 16.0 Å². The number of hydrogen-bond donors (Lipinski definition) is 1. The van der Waals surface area contributed by atoms with Crippen molar-refractivity contribution in [3.63, 3.8) is 0 Å². The predicted molar refractivity (Wildman–Crippen MR) is 98.9 cm³/mol. The number of nitriles is 1. The lowest BCUT2D eigenvalue weighted by atomic mass is 10.1. The quantitative estimate of drug-likeness (QED) is 0.598. The van der Waals surface area contributed by atoms with Crippen molar-refractivity contribution in [2.75, 3.05) is 5.32 Å². The van der Waals surface area contributed by atoms with E-state index in [9.17, 15) is 4.79 Å². The molecule has 5 nitrogen and oxygen atoms in total. The monoisotopic (exact) mass is 341 g/mol. The first-order valence-corrected chi connectivity index (χ1v) is 8.15. The number of furan rings is 1. The van der Waals surface area contributed by atoms with Gasteiger partial charge in [-0.3, -0.25) is 4.79 Å². The molecule has 0 saturated carbocycles. The van der Waals surface area contributed by atoms with Crippen LogP contribution >= 0.6 is 0 Å². The van der Waals surface area contributed by atoms with Crippen molar-refractivity contribution in [3.05, 3.63) is 90.0 Å². The third-order valence-corrected chi connectivity index (χ3v) is 4.26. The second kappa shape index (κ2) is 6.61. The minimum Gasteiger partial charge on any atom is -0.472 e. The number of para-hydroxylation sites is 1. The molecule has 2 aromatic heterocycles. The molecule has 1 N–H and O–H groups in total. The number of hydrogen-bond acceptors (Lipinski definition) is 3. The summed E-state index contributed by atoms with van der Waals surface area (Å²) in [5.74, 6) is -0.208. The van der Waals surface area contributed by atoms with E-state index >= 15 is 0 Å². The second-order valence-electron chi connectivity index (χ2n) is 5.96. The summed E-state index contributed by atoms with van der Waals surface area (Å²) in [5, 5.41) is 12.8. The lowest BCUT2D eigenvalue weighted by molar-refractivity contribution is 0.102. The summed E-state index contributed by atoms with van der Waals surface area (Å²) in [7, 11) is 0. The first-order chi connectivity index (χ1) is 12.7. The van der Waals surface area contributed by atoms with Crippen LogP contribution in [0.4, 0.5) is 5.69 Å². The Bertz CT molecular complexity index is 1100. The Morgan fingerprint density at radius 3 is 2.65 bits per heavy atom. The highest BCUT2D eigenvalue weighted by Gasteiger charge is 2.13. The van der Waals surface area contributed by atoms with Crippen LogP contribution in [0.3, 0.4) is 0 Å². The molecule has 4 rings (SSSR count). The molecule has 0 aliphatic heterocycles. The summed E-state index contributed by atoms with van der Waals surface area (Å²) in [6.45, 7) is 0.647. The number of anilines is 1. The molecule has 0 atom stereocenters. The fourth-order valence-corrected chi connectivity index (χ4v) is 2.95. The lowest BCUT2D eigenvalue weighted by Gasteiger charge is -2.05. The largest absolute Gasteiger partial charge is 0.472 e. The van der Waals surface area contributed by atoms with Crippen molar-refractivity contribution in [2.45, 2.75) is 6.54 Å². The Kier molecular flexibility index (Phi) is 4.00. The Hall–Kier alpha value is -3.78. The molecule has 0 aliphatic rings. The zero-order valence-corrected chi connectivity index (χ0v) is 13.8. The van der Waals surface area contributed by atoms with Crippen LogP contribution in [-0.4, -0.2) is 10.5 Å². The number of fused-ring (bicyclic) bond motifs is 1. The maximum Gasteiger partial charge on any atom is 0.258 e. The lowest BCUT2D eigenvalue weighted by Crippen LogP contribution is -2.10. The van der Waals surface area contributed by atoms with Crippen molar-refractivity contribution in [1.29, 1.82) is 5.26 Å². The minimum atomic E-state index is -0.208. The molecule has 0 fully saturated rings. The van der Waals surface area contributed by atoms with E-state index in [1.807, 2.05) is 54.7 Å². The highest BCUT2D eigenvalue weighted by atomic mass is 16.3. The van der Waals surface area contributed by atoms with Crippen LogP contribution < -0.4 is 5.32 Å². The number of carbonyl (C=O) groups excluding carboxylic acids is 1. The topological polar surface area (TPSA) is 71.0 Å². The summed E-state index contributed by atoms with van der Waals surface area (Å²) >= 11 is 0. The summed E-state index contributed by atoms with van der Waals surface area (Å²) < 4.78 is 7.06. The highest BCUT2D eigenvalue weighted by molar-refractivity contribution is 6.08. The number of amides is 1. The standard InChI is InChI=1S/C21H15N3O2/c22-11-15-5-7-16(8-6-15)12-24-13-19(18-3-1-2-4-20(18)24)23-21(25)17-9-10-26-14-17/h1-10,13-14H,12H2,(H,23,25). The third-order valence-electron chi connectivity index (χ3n) is 4.26. The number of benzene rings is 2. The molecule has 2 heterocycles. The van der Waals surface area contributed by atoms with Crippen LogP contribution in [0, 0.1) is 11.3 Å². The van der Waals surface area contributed by atoms with Crippen molar-refractivity contribution >= 4 is 22.5 Å². The molecule has 1 amide bonds. The van der Waals surface area contributed by atoms with Gasteiger partial charge in [-0.1, -0.05) is 30.3 Å². The van der Waals surface area contributed by atoms with Crippen LogP contribution in [-0.2, 0) is 6.54 Å². The van der Waals surface area contributed by atoms with Crippen LogP contribution in [0.5, 0.6) is 0 Å². The van der Waals surface area contributed by atoms with Gasteiger partial charge in [0.1, 0.15) is 6.26 Å². The van der Waals surface area contributed by atoms with Gasteiger partial charge in [-0.2, -0.15) is 5.26 Å². The van der Waals surface area contributed by atoms with Gasteiger partial charge in [0.2, 0.25) is 0 Å². The van der Waals surface area contributed by atoms with Gasteiger partial charge < -0.3 is 14.3 Å². The van der Waals surface area contributed by atoms with Gasteiger partial charge in [0, 0.05) is 18.1 Å². The van der Waals surface area contributed by atoms with Crippen LogP contribution in [0.25, 0.3) is 10.9 Å². The SMILES string of the molecule is N#Cc1ccc(Cn2cc(NC(=O)c3ccoc3)c3ccccc32)cc1. The van der Waals surface area contributed by atoms with Crippen molar-refractivity contribution in [1.82, 2.24) is 4.57 Å². The number of nitrogens with zero attached hydrogens (tertiary/aromatic N) is 2. The van der Waals surface area contributed by atoms with Crippen molar-refractivity contribution in [3.8, 4) is 6.07 Å². The number of nitrogens with one attached hydrogen (secondary N) is 1. The van der Waals surface area contributed by atoms with Crippen LogP contribution in [0.15, 0.2) is 77.7 Å². The predicted octanol–water partition coefficient (Wildman–Crippen LogP) is 4.41. The fourth-order valence-electron chi connectivity index (χ4n) is 2.95. The van der Waals surface area contributed by atoms with Gasteiger partial charge in [-0.15, -0.1) is 0 Å². The normalized spacial score (nSPS) is 10.6. The number of rotatable bonds is 4. The van der Waals surface area contributed by atoms with E-state index in [1.165, 1.54) is 12.5 Å². The third kappa shape index (κ3) is 2.96. The smallest absolute Gasteiger partial charge is 0.258 e. The molecule has 5 heteroatoms. The van der Waals surface area contributed by atoms with E-state index in [1.54, 1.807) is 6.07 Å². The molecule has 0 bridgehead atoms. The van der Waals surface area contributed by atoms with Crippen molar-refractivity contribution in [2.24, 2.45) is 0 Å². The van der Waals surface area contributed by atoms with Gasteiger partial charge in [0.15, 0.2) is 0 Å². The summed E-state index contributed by atoms with van der Waals surface area (Å²) in [4.78, 5) is 12.3. The molecular formula is C21H15N3O2.